The van der Waals surface area contributed by atoms with Crippen LogP contribution >= 0.6 is 11.6 Å². The van der Waals surface area contributed by atoms with Gasteiger partial charge in [0.2, 0.25) is 0 Å². The lowest BCUT2D eigenvalue weighted by Gasteiger charge is -2.13. The Morgan fingerprint density at radius 3 is 1.73 bits per heavy atom. The third kappa shape index (κ3) is 4.79. The van der Waals surface area contributed by atoms with E-state index in [0.29, 0.717) is 33.4 Å². The number of nitrogens with zero attached hydrogens (tertiary/aromatic N) is 1. The van der Waals surface area contributed by atoms with Crippen LogP contribution in [0.4, 0.5) is 0 Å². The first kappa shape index (κ1) is 26.2. The van der Waals surface area contributed by atoms with Crippen LogP contribution in [0.1, 0.15) is 83.2 Å². The van der Waals surface area contributed by atoms with Gasteiger partial charge in [-0.2, -0.15) is 5.26 Å². The lowest BCUT2D eigenvalue weighted by atomic mass is 9.93. The summed E-state index contributed by atoms with van der Waals surface area (Å²) in [7, 11) is 0. The van der Waals surface area contributed by atoms with Crippen LogP contribution in [0, 0.1) is 11.3 Å². The van der Waals surface area contributed by atoms with Crippen molar-refractivity contribution in [1.29, 1.82) is 5.26 Å². The van der Waals surface area contributed by atoms with Gasteiger partial charge in [-0.3, -0.25) is 9.59 Å². The van der Waals surface area contributed by atoms with Crippen molar-refractivity contribution in [2.75, 3.05) is 0 Å². The highest BCUT2D eigenvalue weighted by Gasteiger charge is 2.34. The normalized spacial score (nSPS) is 16.8. The SMILES string of the molecule is N#Cc1cc(-c2ccc(C(=O)CC3OC(=O)c4ccccc43)c(Cl)c2)ccc1C(=O)CC1OC(=O)c2ccccc21. The second kappa shape index (κ2) is 10.5. The minimum Gasteiger partial charge on any atom is -0.453 e. The van der Waals surface area contributed by atoms with Gasteiger partial charge in [-0.1, -0.05) is 60.1 Å². The van der Waals surface area contributed by atoms with Crippen LogP contribution in [-0.2, 0) is 9.47 Å². The predicted octanol–water partition coefficient (Wildman–Crippen LogP) is 6.85. The molecule has 2 atom stereocenters. The average molecular weight is 562 g/mol. The molecule has 4 aromatic carbocycles. The molecule has 2 aliphatic heterocycles. The van der Waals surface area contributed by atoms with Crippen molar-refractivity contribution in [1.82, 2.24) is 0 Å². The van der Waals surface area contributed by atoms with Gasteiger partial charge in [0.05, 0.1) is 40.6 Å². The molecule has 200 valence electrons. The van der Waals surface area contributed by atoms with Gasteiger partial charge in [-0.15, -0.1) is 0 Å². The number of ether oxygens (including phenoxy) is 2. The topological polar surface area (TPSA) is 111 Å². The number of fused-ring (bicyclic) bond motifs is 2. The van der Waals surface area contributed by atoms with Crippen molar-refractivity contribution < 1.29 is 28.7 Å². The van der Waals surface area contributed by atoms with Crippen molar-refractivity contribution in [3.8, 4) is 17.2 Å². The molecule has 8 heteroatoms. The van der Waals surface area contributed by atoms with Crippen molar-refractivity contribution >= 4 is 35.1 Å². The minimum absolute atomic E-state index is 0.0437. The maximum atomic E-state index is 13.1. The summed E-state index contributed by atoms with van der Waals surface area (Å²) in [5.74, 6) is -1.52. The van der Waals surface area contributed by atoms with Gasteiger partial charge in [0.15, 0.2) is 11.6 Å². The Balaban J connectivity index is 1.19. The third-order valence-electron chi connectivity index (χ3n) is 7.34. The zero-order valence-electron chi connectivity index (χ0n) is 21.4. The van der Waals surface area contributed by atoms with Gasteiger partial charge in [-0.05, 0) is 47.5 Å². The Hall–Kier alpha value is -5.06. The molecule has 0 spiro atoms. The van der Waals surface area contributed by atoms with E-state index in [0.717, 1.165) is 0 Å². The number of ketones is 2. The maximum Gasteiger partial charge on any atom is 0.339 e. The lowest BCUT2D eigenvalue weighted by Crippen LogP contribution is -2.09. The highest BCUT2D eigenvalue weighted by molar-refractivity contribution is 6.34. The summed E-state index contributed by atoms with van der Waals surface area (Å²) in [4.78, 5) is 50.4. The molecule has 0 N–H and O–H groups in total. The third-order valence-corrected chi connectivity index (χ3v) is 7.65. The number of carbonyl (C=O) groups excluding carboxylic acids is 4. The van der Waals surface area contributed by atoms with Crippen LogP contribution in [0.3, 0.4) is 0 Å². The minimum atomic E-state index is -0.706. The second-order valence-corrected chi connectivity index (χ2v) is 10.2. The first-order valence-electron chi connectivity index (χ1n) is 12.8. The number of esters is 2. The van der Waals surface area contributed by atoms with Gasteiger partial charge in [0, 0.05) is 22.3 Å². The Kier molecular flexibility index (Phi) is 6.70. The maximum absolute atomic E-state index is 13.1. The van der Waals surface area contributed by atoms with Crippen molar-refractivity contribution in [3.05, 3.63) is 129 Å². The number of Topliss-reactive ketones (excluding diaryl/α,β-unsaturated/α-hetero) is 2. The van der Waals surface area contributed by atoms with E-state index >= 15 is 0 Å². The molecule has 0 amide bonds. The number of hydrogen-bond acceptors (Lipinski definition) is 7. The zero-order valence-corrected chi connectivity index (χ0v) is 22.2. The summed E-state index contributed by atoms with van der Waals surface area (Å²) in [5.41, 5.74) is 4.19. The van der Waals surface area contributed by atoms with Crippen molar-refractivity contribution in [2.45, 2.75) is 25.0 Å². The average Bonchev–Trinajstić information content (AvgIpc) is 3.47. The molecule has 4 aromatic rings. The number of hydrogen-bond donors (Lipinski definition) is 0. The van der Waals surface area contributed by atoms with E-state index in [9.17, 15) is 24.4 Å². The Morgan fingerprint density at radius 2 is 1.20 bits per heavy atom. The molecule has 0 saturated heterocycles. The van der Waals surface area contributed by atoms with Crippen molar-refractivity contribution in [3.63, 3.8) is 0 Å². The fourth-order valence-corrected chi connectivity index (χ4v) is 5.57. The van der Waals surface area contributed by atoms with E-state index < -0.39 is 24.1 Å². The number of nitriles is 1. The predicted molar refractivity (Wildman–Crippen MR) is 149 cm³/mol. The molecule has 41 heavy (non-hydrogen) atoms. The zero-order chi connectivity index (χ0) is 28.7. The van der Waals surface area contributed by atoms with Crippen LogP contribution < -0.4 is 0 Å². The largest absolute Gasteiger partial charge is 0.453 e. The molecule has 6 rings (SSSR count). The molecular weight excluding hydrogens is 542 g/mol. The molecule has 2 aliphatic rings. The number of rotatable bonds is 7. The standard InChI is InChI=1S/C33H20ClNO6/c34-27-14-19(10-12-26(27)29(37)16-31-23-6-2-4-8-25(23)33(39)41-31)18-9-11-21(20(13-18)17-35)28(36)15-30-22-5-1-3-7-24(22)32(38)40-30/h1-14,30-31H,15-16H2. The number of halogens is 1. The molecule has 0 saturated carbocycles. The summed E-state index contributed by atoms with van der Waals surface area (Å²) >= 11 is 6.50. The van der Waals surface area contributed by atoms with Gasteiger partial charge >= 0.3 is 11.9 Å². The molecule has 0 aromatic heterocycles. The molecule has 2 heterocycles. The van der Waals surface area contributed by atoms with E-state index in [2.05, 4.69) is 6.07 Å². The van der Waals surface area contributed by atoms with Crippen LogP contribution in [0.2, 0.25) is 5.02 Å². The van der Waals surface area contributed by atoms with Crippen LogP contribution in [-0.4, -0.2) is 23.5 Å². The van der Waals surface area contributed by atoms with Gasteiger partial charge in [0.25, 0.3) is 0 Å². The highest BCUT2D eigenvalue weighted by Crippen LogP contribution is 2.36. The Morgan fingerprint density at radius 1 is 0.707 bits per heavy atom. The van der Waals surface area contributed by atoms with Gasteiger partial charge < -0.3 is 9.47 Å². The molecule has 0 fully saturated rings. The van der Waals surface area contributed by atoms with E-state index in [1.54, 1.807) is 84.9 Å². The number of cyclic esters (lactones) is 2. The van der Waals surface area contributed by atoms with E-state index in [1.165, 1.54) is 0 Å². The molecule has 0 bridgehead atoms. The lowest BCUT2D eigenvalue weighted by molar-refractivity contribution is 0.0353. The smallest absolute Gasteiger partial charge is 0.339 e. The van der Waals surface area contributed by atoms with E-state index in [4.69, 9.17) is 21.1 Å². The summed E-state index contributed by atoms with van der Waals surface area (Å²) < 4.78 is 10.8. The molecule has 0 radical (unpaired) electrons. The highest BCUT2D eigenvalue weighted by atomic mass is 35.5. The van der Waals surface area contributed by atoms with Crippen molar-refractivity contribution in [2.24, 2.45) is 0 Å². The van der Waals surface area contributed by atoms with E-state index in [1.807, 2.05) is 0 Å². The first-order valence-corrected chi connectivity index (χ1v) is 13.2. The molecular formula is C33H20ClNO6. The quantitative estimate of drug-likeness (QED) is 0.179. The summed E-state index contributed by atoms with van der Waals surface area (Å²) in [5, 5.41) is 10.0. The van der Waals surface area contributed by atoms with Crippen LogP contribution in [0.25, 0.3) is 11.1 Å². The van der Waals surface area contributed by atoms with Gasteiger partial charge in [0.1, 0.15) is 12.2 Å². The fraction of sp³-hybridized carbons (Fsp3) is 0.121. The molecule has 2 unspecified atom stereocenters. The Labute approximate surface area is 239 Å². The monoisotopic (exact) mass is 561 g/mol. The van der Waals surface area contributed by atoms with Crippen LogP contribution in [0.15, 0.2) is 84.9 Å². The second-order valence-electron chi connectivity index (χ2n) is 9.78. The van der Waals surface area contributed by atoms with Gasteiger partial charge in [-0.25, -0.2) is 9.59 Å². The fourth-order valence-electron chi connectivity index (χ4n) is 5.28. The first-order chi connectivity index (χ1) is 19.8. The number of benzene rings is 4. The summed E-state index contributed by atoms with van der Waals surface area (Å²) in [6, 6.07) is 25.7. The Bertz CT molecular complexity index is 1820. The molecule has 7 nitrogen and oxygen atoms in total. The molecule has 0 aliphatic carbocycles. The van der Waals surface area contributed by atoms with E-state index in [-0.39, 0.29) is 46.1 Å². The summed E-state index contributed by atoms with van der Waals surface area (Å²) in [6.07, 6.45) is -1.51. The number of carbonyl (C=O) groups is 4. The summed E-state index contributed by atoms with van der Waals surface area (Å²) in [6.45, 7) is 0. The van der Waals surface area contributed by atoms with Crippen LogP contribution in [0.5, 0.6) is 0 Å².